The van der Waals surface area contributed by atoms with Crippen LogP contribution in [-0.4, -0.2) is 6.29 Å². The van der Waals surface area contributed by atoms with Crippen molar-refractivity contribution in [1.82, 2.24) is 0 Å². The molecule has 0 aromatic carbocycles. The summed E-state index contributed by atoms with van der Waals surface area (Å²) in [4.78, 5) is 9.70. The van der Waals surface area contributed by atoms with E-state index in [1.165, 1.54) is 0 Å². The van der Waals surface area contributed by atoms with Gasteiger partial charge in [0, 0.05) is 31.1 Å². The van der Waals surface area contributed by atoms with E-state index in [2.05, 4.69) is 0 Å². The predicted molar refractivity (Wildman–Crippen MR) is 25.1 cm³/mol. The molecule has 0 aromatic heterocycles. The molecule has 0 unspecified atom stereocenters. The van der Waals surface area contributed by atoms with Gasteiger partial charge in [-0.25, -0.2) is 0 Å². The van der Waals surface area contributed by atoms with Crippen molar-refractivity contribution < 1.29 is 35.9 Å². The Morgan fingerprint density at radius 1 is 1.29 bits per heavy atom. The minimum absolute atomic E-state index is 0. The van der Waals surface area contributed by atoms with E-state index < -0.39 is 0 Å². The first kappa shape index (κ1) is 10.7. The number of carbonyl (C=O) groups excluding carboxylic acids is 1. The first-order valence-electron chi connectivity index (χ1n) is 1.95. The van der Waals surface area contributed by atoms with Crippen LogP contribution < -0.4 is 0 Å². The molecule has 0 aliphatic carbocycles. The molecule has 0 amide bonds. The largest absolute Gasteiger partial charge is 0.541 e. The summed E-state index contributed by atoms with van der Waals surface area (Å²) in [7, 11) is 0. The van der Waals surface area contributed by atoms with Crippen molar-refractivity contribution >= 4 is 6.29 Å². The van der Waals surface area contributed by atoms with Gasteiger partial charge in [0.15, 0.2) is 0 Å². The third kappa shape index (κ3) is 10.8. The van der Waals surface area contributed by atoms with Gasteiger partial charge in [0.25, 0.3) is 0 Å². The van der Waals surface area contributed by atoms with Crippen LogP contribution in [0.2, 0.25) is 0 Å². The molecule has 0 saturated heterocycles. The molecule has 0 spiro atoms. The number of hydrogen-bond acceptors (Lipinski definition) is 1. The Balaban J connectivity index is 0. The molecule has 0 heterocycles. The zero-order valence-corrected chi connectivity index (χ0v) is 9.07. The second-order valence-corrected chi connectivity index (χ2v) is 2.35. The van der Waals surface area contributed by atoms with E-state index in [0.29, 0.717) is 0 Å². The fraction of sp³-hybridized carbons (Fsp3) is 0.800. The van der Waals surface area contributed by atoms with Gasteiger partial charge in [-0.1, -0.05) is 20.8 Å². The van der Waals surface area contributed by atoms with Crippen molar-refractivity contribution in [3.8, 4) is 0 Å². The molecule has 0 atom stereocenters. The summed E-state index contributed by atoms with van der Waals surface area (Å²) in [5, 5.41) is 0. The topological polar surface area (TPSA) is 17.1 Å². The Morgan fingerprint density at radius 3 is 1.43 bits per heavy atom. The minimum atomic E-state index is -0.264. The zero-order valence-electron chi connectivity index (χ0n) is 4.91. The Bertz CT molecular complexity index is 53.6. The molecule has 0 fully saturated rings. The van der Waals surface area contributed by atoms with E-state index in [4.69, 9.17) is 0 Å². The normalized spacial score (nSPS) is 9.57. The predicted octanol–water partition coefficient (Wildman–Crippen LogP) is 1.14. The Labute approximate surface area is 68.2 Å². The monoisotopic (exact) mass is 323 g/mol. The molecule has 0 N–H and O–H groups in total. The van der Waals surface area contributed by atoms with Gasteiger partial charge in [0.05, 0.1) is 0 Å². The molecule has 0 bridgehead atoms. The Morgan fingerprint density at radius 2 is 1.43 bits per heavy atom. The number of rotatable bonds is 0. The summed E-state index contributed by atoms with van der Waals surface area (Å²) in [5.74, 6) is 0. The molecule has 0 aliphatic heterocycles. The van der Waals surface area contributed by atoms with Gasteiger partial charge in [0.2, 0.25) is 0 Å². The maximum Gasteiger partial charge on any atom is 0 e. The molecule has 1 nitrogen and oxygen atoms in total. The molecule has 2 heteroatoms. The van der Waals surface area contributed by atoms with Crippen LogP contribution in [0.4, 0.5) is 0 Å². The standard InChI is InChI=1S/C5H9O.U/c1-5(2,3)4-6;/h1-3H3;/q-1;. The van der Waals surface area contributed by atoms with E-state index in [1.807, 2.05) is 27.1 Å². The van der Waals surface area contributed by atoms with E-state index in [1.54, 1.807) is 0 Å². The van der Waals surface area contributed by atoms with Gasteiger partial charge < -0.3 is 4.79 Å². The average Bonchev–Trinajstić information content (AvgIpc) is 1.35. The van der Waals surface area contributed by atoms with Crippen LogP contribution >= 0.6 is 0 Å². The van der Waals surface area contributed by atoms with Crippen molar-refractivity contribution in [2.45, 2.75) is 20.8 Å². The molecule has 0 radical (unpaired) electrons. The van der Waals surface area contributed by atoms with Crippen molar-refractivity contribution in [1.29, 1.82) is 0 Å². The number of hydrogen-bond donors (Lipinski definition) is 0. The molecule has 0 rings (SSSR count). The summed E-state index contributed by atoms with van der Waals surface area (Å²) < 4.78 is 0. The van der Waals surface area contributed by atoms with Gasteiger partial charge in [-0.3, -0.25) is 6.29 Å². The maximum absolute atomic E-state index is 9.70. The van der Waals surface area contributed by atoms with E-state index in [9.17, 15) is 4.79 Å². The van der Waals surface area contributed by atoms with Gasteiger partial charge in [-0.2, -0.15) is 0 Å². The first-order chi connectivity index (χ1) is 2.56. The summed E-state index contributed by atoms with van der Waals surface area (Å²) in [5.41, 5.74) is -0.264. The quantitative estimate of drug-likeness (QED) is 0.611. The fourth-order valence-electron chi connectivity index (χ4n) is 0. The molecular formula is C5H9OU-. The summed E-state index contributed by atoms with van der Waals surface area (Å²) in [6, 6.07) is 0. The smallest absolute Gasteiger partial charge is 0 e. The van der Waals surface area contributed by atoms with E-state index in [-0.39, 0.29) is 36.5 Å². The molecule has 0 aromatic rings. The molecular weight excluding hydrogens is 314 g/mol. The van der Waals surface area contributed by atoms with Crippen LogP contribution in [0.3, 0.4) is 0 Å². The summed E-state index contributed by atoms with van der Waals surface area (Å²) >= 11 is 0. The molecule has 0 saturated carbocycles. The van der Waals surface area contributed by atoms with Crippen LogP contribution in [0.5, 0.6) is 0 Å². The van der Waals surface area contributed by atoms with Gasteiger partial charge in [-0.15, -0.1) is 5.41 Å². The van der Waals surface area contributed by atoms with Crippen LogP contribution in [0.25, 0.3) is 0 Å². The Hall–Kier alpha value is 0.722. The maximum atomic E-state index is 9.70. The van der Waals surface area contributed by atoms with Gasteiger partial charge >= 0.3 is 0 Å². The van der Waals surface area contributed by atoms with Crippen LogP contribution in [-0.2, 0) is 4.79 Å². The van der Waals surface area contributed by atoms with Crippen molar-refractivity contribution in [2.75, 3.05) is 0 Å². The third-order valence-electron chi connectivity index (χ3n) is 0.306. The van der Waals surface area contributed by atoms with Crippen molar-refractivity contribution in [3.05, 3.63) is 0 Å². The van der Waals surface area contributed by atoms with Crippen LogP contribution in [0, 0.1) is 36.5 Å². The first-order valence-corrected chi connectivity index (χ1v) is 1.95. The van der Waals surface area contributed by atoms with Crippen molar-refractivity contribution in [3.63, 3.8) is 0 Å². The second kappa shape index (κ2) is 3.69. The average molecular weight is 323 g/mol. The molecule has 40 valence electrons. The molecule has 7 heavy (non-hydrogen) atoms. The fourth-order valence-corrected chi connectivity index (χ4v) is 0. The minimum Gasteiger partial charge on any atom is -0.541 e. The zero-order chi connectivity index (χ0) is 5.21. The van der Waals surface area contributed by atoms with Gasteiger partial charge in [-0.05, 0) is 0 Å². The van der Waals surface area contributed by atoms with Crippen LogP contribution in [0.15, 0.2) is 0 Å². The summed E-state index contributed by atoms with van der Waals surface area (Å²) in [6.45, 7) is 5.46. The Kier molecular flexibility index (Phi) is 5.62. The SMILES string of the molecule is CC(C)(C)[C-]=O.[U]. The summed E-state index contributed by atoms with van der Waals surface area (Å²) in [6.07, 6.45) is 1.85. The van der Waals surface area contributed by atoms with Crippen LogP contribution in [0.1, 0.15) is 20.8 Å². The van der Waals surface area contributed by atoms with Crippen molar-refractivity contribution in [2.24, 2.45) is 5.41 Å². The van der Waals surface area contributed by atoms with Gasteiger partial charge in [0.1, 0.15) is 0 Å². The van der Waals surface area contributed by atoms with E-state index >= 15 is 0 Å². The molecule has 0 aliphatic rings. The second-order valence-electron chi connectivity index (χ2n) is 2.35. The van der Waals surface area contributed by atoms with E-state index in [0.717, 1.165) is 0 Å². The third-order valence-corrected chi connectivity index (χ3v) is 0.306.